The van der Waals surface area contributed by atoms with E-state index in [1.54, 1.807) is 25.5 Å². The van der Waals surface area contributed by atoms with Gasteiger partial charge in [0.2, 0.25) is 0 Å². The van der Waals surface area contributed by atoms with Crippen LogP contribution in [0, 0.1) is 0 Å². The first-order valence-electron chi connectivity index (χ1n) is 7.98. The number of carbonyl (C=O) groups is 1. The number of amides is 1. The number of hydrogen-bond acceptors (Lipinski definition) is 5. The van der Waals surface area contributed by atoms with Crippen LogP contribution in [0.25, 0.3) is 0 Å². The minimum atomic E-state index is -0.430. The smallest absolute Gasteiger partial charge is 0.307 e. The molecule has 3 aromatic rings. The summed E-state index contributed by atoms with van der Waals surface area (Å²) in [5.41, 5.74) is 3.26. The van der Waals surface area contributed by atoms with E-state index in [-0.39, 0.29) is 12.4 Å². The molecule has 6 heteroatoms. The van der Waals surface area contributed by atoms with E-state index in [0.717, 1.165) is 17.1 Å². The van der Waals surface area contributed by atoms with Gasteiger partial charge in [-0.2, -0.15) is 5.10 Å². The van der Waals surface area contributed by atoms with E-state index in [2.05, 4.69) is 10.5 Å². The molecule has 0 spiro atoms. The number of rotatable bonds is 7. The van der Waals surface area contributed by atoms with Gasteiger partial charge in [-0.3, -0.25) is 4.79 Å². The molecule has 1 amide bonds. The zero-order chi connectivity index (χ0) is 18.2. The van der Waals surface area contributed by atoms with Crippen molar-refractivity contribution in [2.24, 2.45) is 5.10 Å². The summed E-state index contributed by atoms with van der Waals surface area (Å²) in [4.78, 5) is 12.0. The van der Waals surface area contributed by atoms with E-state index in [0.29, 0.717) is 5.76 Å². The fourth-order valence-electron chi connectivity index (χ4n) is 2.16. The maximum absolute atomic E-state index is 12.0. The SMILES string of the molecule is COc1ccc(/C=N\NC(=O)c2ccc(COc3ccccc3)o2)cc1. The summed E-state index contributed by atoms with van der Waals surface area (Å²) in [6, 6.07) is 20.0. The number of hydrogen-bond donors (Lipinski definition) is 1. The number of hydrazone groups is 1. The Kier molecular flexibility index (Phi) is 5.67. The largest absolute Gasteiger partial charge is 0.497 e. The molecule has 1 heterocycles. The van der Waals surface area contributed by atoms with E-state index in [1.165, 1.54) is 0 Å². The van der Waals surface area contributed by atoms with Crippen LogP contribution in [0.5, 0.6) is 11.5 Å². The molecule has 0 bridgehead atoms. The molecule has 0 radical (unpaired) electrons. The highest BCUT2D eigenvalue weighted by Gasteiger charge is 2.10. The third-order valence-electron chi connectivity index (χ3n) is 3.51. The summed E-state index contributed by atoms with van der Waals surface area (Å²) < 4.78 is 16.1. The fourth-order valence-corrected chi connectivity index (χ4v) is 2.16. The molecule has 0 atom stereocenters. The van der Waals surface area contributed by atoms with Gasteiger partial charge in [-0.25, -0.2) is 5.43 Å². The van der Waals surface area contributed by atoms with Gasteiger partial charge >= 0.3 is 5.91 Å². The van der Waals surface area contributed by atoms with Crippen LogP contribution in [-0.2, 0) is 6.61 Å². The van der Waals surface area contributed by atoms with Crippen LogP contribution >= 0.6 is 0 Å². The van der Waals surface area contributed by atoms with Crippen molar-refractivity contribution in [2.45, 2.75) is 6.61 Å². The highest BCUT2D eigenvalue weighted by Crippen LogP contribution is 2.14. The fraction of sp³-hybridized carbons (Fsp3) is 0.100. The number of para-hydroxylation sites is 1. The molecule has 0 saturated heterocycles. The van der Waals surface area contributed by atoms with E-state index in [4.69, 9.17) is 13.9 Å². The van der Waals surface area contributed by atoms with Crippen LogP contribution < -0.4 is 14.9 Å². The summed E-state index contributed by atoms with van der Waals surface area (Å²) in [6.07, 6.45) is 1.54. The average molecular weight is 350 g/mol. The van der Waals surface area contributed by atoms with Gasteiger partial charge in [-0.15, -0.1) is 0 Å². The Labute approximate surface area is 151 Å². The number of benzene rings is 2. The van der Waals surface area contributed by atoms with Crippen molar-refractivity contribution >= 4 is 12.1 Å². The first-order chi connectivity index (χ1) is 12.7. The first kappa shape index (κ1) is 17.3. The Hall–Kier alpha value is -3.54. The van der Waals surface area contributed by atoms with Gasteiger partial charge in [-0.1, -0.05) is 18.2 Å². The monoisotopic (exact) mass is 350 g/mol. The normalized spacial score (nSPS) is 10.7. The molecule has 6 nitrogen and oxygen atoms in total. The molecule has 1 N–H and O–H groups in total. The van der Waals surface area contributed by atoms with Crippen LogP contribution in [-0.4, -0.2) is 19.2 Å². The molecular weight excluding hydrogens is 332 g/mol. The number of nitrogens with zero attached hydrogens (tertiary/aromatic N) is 1. The van der Waals surface area contributed by atoms with Crippen molar-refractivity contribution in [3.63, 3.8) is 0 Å². The lowest BCUT2D eigenvalue weighted by Crippen LogP contribution is -2.16. The Bertz CT molecular complexity index is 870. The predicted molar refractivity (Wildman–Crippen MR) is 97.5 cm³/mol. The molecule has 0 fully saturated rings. The van der Waals surface area contributed by atoms with Crippen molar-refractivity contribution in [1.82, 2.24) is 5.43 Å². The molecule has 0 saturated carbocycles. The van der Waals surface area contributed by atoms with Crippen LogP contribution in [0.4, 0.5) is 0 Å². The van der Waals surface area contributed by atoms with Gasteiger partial charge in [-0.05, 0) is 54.1 Å². The maximum Gasteiger partial charge on any atom is 0.307 e. The van der Waals surface area contributed by atoms with Crippen LogP contribution in [0.15, 0.2) is 76.2 Å². The summed E-state index contributed by atoms with van der Waals surface area (Å²) >= 11 is 0. The van der Waals surface area contributed by atoms with Gasteiger partial charge in [0.15, 0.2) is 5.76 Å². The highest BCUT2D eigenvalue weighted by molar-refractivity contribution is 5.92. The molecule has 2 aromatic carbocycles. The number of ether oxygens (including phenoxy) is 2. The summed E-state index contributed by atoms with van der Waals surface area (Å²) in [6.45, 7) is 0.242. The van der Waals surface area contributed by atoms with Crippen molar-refractivity contribution in [2.75, 3.05) is 7.11 Å². The first-order valence-corrected chi connectivity index (χ1v) is 7.98. The van der Waals surface area contributed by atoms with Crippen molar-refractivity contribution < 1.29 is 18.7 Å². The van der Waals surface area contributed by atoms with Crippen molar-refractivity contribution in [3.05, 3.63) is 83.8 Å². The number of furan rings is 1. The van der Waals surface area contributed by atoms with Gasteiger partial charge in [0, 0.05) is 0 Å². The topological polar surface area (TPSA) is 73.1 Å². The molecule has 0 aliphatic carbocycles. The molecule has 132 valence electrons. The van der Waals surface area contributed by atoms with Crippen molar-refractivity contribution in [1.29, 1.82) is 0 Å². The minimum Gasteiger partial charge on any atom is -0.497 e. The zero-order valence-corrected chi connectivity index (χ0v) is 14.2. The van der Waals surface area contributed by atoms with Gasteiger partial charge < -0.3 is 13.9 Å². The minimum absolute atomic E-state index is 0.170. The second-order valence-electron chi connectivity index (χ2n) is 5.34. The van der Waals surface area contributed by atoms with Crippen LogP contribution in [0.3, 0.4) is 0 Å². The number of methoxy groups -OCH3 is 1. The van der Waals surface area contributed by atoms with E-state index in [1.807, 2.05) is 54.6 Å². The third kappa shape index (κ3) is 4.73. The van der Waals surface area contributed by atoms with Gasteiger partial charge in [0.1, 0.15) is 23.9 Å². The molecule has 3 rings (SSSR count). The Morgan fingerprint density at radius 2 is 1.81 bits per heavy atom. The lowest BCUT2D eigenvalue weighted by molar-refractivity contribution is 0.0923. The summed E-state index contributed by atoms with van der Waals surface area (Å²) in [5.74, 6) is 1.79. The maximum atomic E-state index is 12.0. The molecule has 0 aliphatic rings. The molecule has 0 unspecified atom stereocenters. The zero-order valence-electron chi connectivity index (χ0n) is 14.2. The lowest BCUT2D eigenvalue weighted by atomic mass is 10.2. The third-order valence-corrected chi connectivity index (χ3v) is 3.51. The number of carbonyl (C=O) groups excluding carboxylic acids is 1. The second-order valence-corrected chi connectivity index (χ2v) is 5.34. The Balaban J connectivity index is 1.51. The summed E-state index contributed by atoms with van der Waals surface area (Å²) in [5, 5.41) is 3.92. The second kappa shape index (κ2) is 8.53. The lowest BCUT2D eigenvalue weighted by Gasteiger charge is -2.03. The van der Waals surface area contributed by atoms with Gasteiger partial charge in [0.05, 0.1) is 13.3 Å². The quantitative estimate of drug-likeness (QED) is 0.522. The van der Waals surface area contributed by atoms with Crippen LogP contribution in [0.1, 0.15) is 21.9 Å². The van der Waals surface area contributed by atoms with E-state index < -0.39 is 5.91 Å². The van der Waals surface area contributed by atoms with Gasteiger partial charge in [0.25, 0.3) is 0 Å². The Morgan fingerprint density at radius 1 is 1.04 bits per heavy atom. The Morgan fingerprint density at radius 3 is 2.54 bits per heavy atom. The molecule has 1 aromatic heterocycles. The van der Waals surface area contributed by atoms with E-state index >= 15 is 0 Å². The summed E-state index contributed by atoms with van der Waals surface area (Å²) in [7, 11) is 1.60. The number of nitrogens with one attached hydrogen (secondary N) is 1. The average Bonchev–Trinajstić information content (AvgIpc) is 3.17. The standard InChI is InChI=1S/C20H18N2O4/c1-24-16-9-7-15(8-10-16)13-21-22-20(23)19-12-11-18(26-19)14-25-17-5-3-2-4-6-17/h2-13H,14H2,1H3,(H,22,23)/b21-13-. The molecule has 26 heavy (non-hydrogen) atoms. The molecule has 0 aliphatic heterocycles. The van der Waals surface area contributed by atoms with E-state index in [9.17, 15) is 4.79 Å². The predicted octanol–water partition coefficient (Wildman–Crippen LogP) is 3.63. The van der Waals surface area contributed by atoms with Crippen LogP contribution in [0.2, 0.25) is 0 Å². The molecular formula is C20H18N2O4. The highest BCUT2D eigenvalue weighted by atomic mass is 16.5. The van der Waals surface area contributed by atoms with Crippen molar-refractivity contribution in [3.8, 4) is 11.5 Å².